The molecule has 1 aliphatic carbocycles. The highest BCUT2D eigenvalue weighted by atomic mass is 16.5. The molecule has 0 aromatic heterocycles. The van der Waals surface area contributed by atoms with E-state index in [9.17, 15) is 4.79 Å². The van der Waals surface area contributed by atoms with Gasteiger partial charge in [0.2, 0.25) is 0 Å². The van der Waals surface area contributed by atoms with Gasteiger partial charge in [0, 0.05) is 12.1 Å². The maximum atomic E-state index is 13.6. The number of aryl methyl sites for hydroxylation is 1. The van der Waals surface area contributed by atoms with Crippen molar-refractivity contribution in [1.29, 1.82) is 0 Å². The summed E-state index contributed by atoms with van der Waals surface area (Å²) in [6.45, 7) is 1.91. The molecule has 0 unspecified atom stereocenters. The van der Waals surface area contributed by atoms with Crippen LogP contribution in [0.5, 0.6) is 11.5 Å². The van der Waals surface area contributed by atoms with Crippen molar-refractivity contribution in [3.63, 3.8) is 0 Å². The van der Waals surface area contributed by atoms with Gasteiger partial charge >= 0.3 is 0 Å². The quantitative estimate of drug-likeness (QED) is 0.776. The lowest BCUT2D eigenvalue weighted by molar-refractivity contribution is 0.0298. The van der Waals surface area contributed by atoms with Crippen LogP contribution in [0.3, 0.4) is 0 Å². The van der Waals surface area contributed by atoms with Crippen molar-refractivity contribution in [3.8, 4) is 11.5 Å². The monoisotopic (exact) mass is 379 g/mol. The van der Waals surface area contributed by atoms with Gasteiger partial charge in [-0.3, -0.25) is 9.69 Å². The molecule has 148 valence electrons. The normalized spacial score (nSPS) is 22.1. The number of fused-ring (bicyclic) bond motifs is 1. The molecule has 4 nitrogen and oxygen atoms in total. The summed E-state index contributed by atoms with van der Waals surface area (Å²) >= 11 is 0. The maximum absolute atomic E-state index is 13.6. The summed E-state index contributed by atoms with van der Waals surface area (Å²) in [6.07, 6.45) is 6.05. The average Bonchev–Trinajstić information content (AvgIpc) is 2.75. The van der Waals surface area contributed by atoms with Gasteiger partial charge in [0.05, 0.1) is 19.8 Å². The third kappa shape index (κ3) is 3.42. The fraction of sp³-hybridized carbons (Fsp3) is 0.458. The lowest BCUT2D eigenvalue weighted by Gasteiger charge is -2.48. The SMILES string of the molecule is COc1cccc(CCN2CCCC[C@@]23CCc2cc(OC)ccc2C3=O)c1. The highest BCUT2D eigenvalue weighted by Crippen LogP contribution is 2.40. The molecular weight excluding hydrogens is 350 g/mol. The van der Waals surface area contributed by atoms with Crippen LogP contribution in [-0.4, -0.2) is 43.5 Å². The van der Waals surface area contributed by atoms with E-state index in [1.54, 1.807) is 14.2 Å². The fourth-order valence-corrected chi connectivity index (χ4v) is 4.88. The zero-order valence-corrected chi connectivity index (χ0v) is 16.9. The number of Topliss-reactive ketones (excluding diaryl/α,β-unsaturated/α-hetero) is 1. The Morgan fingerprint density at radius 2 is 1.82 bits per heavy atom. The van der Waals surface area contributed by atoms with Crippen LogP contribution in [-0.2, 0) is 12.8 Å². The smallest absolute Gasteiger partial charge is 0.183 e. The Hall–Kier alpha value is -2.33. The third-order valence-electron chi connectivity index (χ3n) is 6.47. The molecule has 2 aliphatic rings. The lowest BCUT2D eigenvalue weighted by atomic mass is 9.71. The summed E-state index contributed by atoms with van der Waals surface area (Å²) in [5.74, 6) is 2.03. The molecule has 1 fully saturated rings. The molecule has 0 radical (unpaired) electrons. The van der Waals surface area contributed by atoms with E-state index in [1.807, 2.05) is 30.3 Å². The second-order valence-electron chi connectivity index (χ2n) is 7.93. The number of carbonyl (C=O) groups excluding carboxylic acids is 1. The van der Waals surface area contributed by atoms with Gasteiger partial charge in [-0.05, 0) is 86.5 Å². The molecule has 1 aliphatic heterocycles. The van der Waals surface area contributed by atoms with Gasteiger partial charge in [-0.15, -0.1) is 0 Å². The zero-order valence-electron chi connectivity index (χ0n) is 16.9. The Morgan fingerprint density at radius 1 is 1.00 bits per heavy atom. The fourth-order valence-electron chi connectivity index (χ4n) is 4.88. The molecule has 4 heteroatoms. The standard InChI is InChI=1S/C24H29NO3/c1-27-20-7-5-6-18(16-20)11-15-25-14-4-3-12-24(25)13-10-19-17-21(28-2)8-9-22(19)23(24)26/h5-9,16-17H,3-4,10-15H2,1-2H3/t24-/m0/s1. The summed E-state index contributed by atoms with van der Waals surface area (Å²) < 4.78 is 10.7. The van der Waals surface area contributed by atoms with Crippen molar-refractivity contribution < 1.29 is 14.3 Å². The molecule has 0 N–H and O–H groups in total. The minimum Gasteiger partial charge on any atom is -0.497 e. The minimum absolute atomic E-state index is 0.307. The summed E-state index contributed by atoms with van der Waals surface area (Å²) in [6, 6.07) is 14.2. The number of likely N-dealkylation sites (tertiary alicyclic amines) is 1. The second-order valence-corrected chi connectivity index (χ2v) is 7.93. The molecular formula is C24H29NO3. The van der Waals surface area contributed by atoms with Crippen LogP contribution < -0.4 is 9.47 Å². The Kier molecular flexibility index (Phi) is 5.40. The van der Waals surface area contributed by atoms with E-state index in [1.165, 1.54) is 12.0 Å². The summed E-state index contributed by atoms with van der Waals surface area (Å²) in [7, 11) is 3.38. The maximum Gasteiger partial charge on any atom is 0.183 e. The number of piperidine rings is 1. The first-order valence-corrected chi connectivity index (χ1v) is 10.3. The average molecular weight is 380 g/mol. The van der Waals surface area contributed by atoms with Gasteiger partial charge in [0.15, 0.2) is 5.78 Å². The van der Waals surface area contributed by atoms with Gasteiger partial charge in [0.1, 0.15) is 11.5 Å². The first kappa shape index (κ1) is 19.0. The van der Waals surface area contributed by atoms with Crippen LogP contribution in [0.4, 0.5) is 0 Å². The van der Waals surface area contributed by atoms with Gasteiger partial charge in [-0.25, -0.2) is 0 Å². The van der Waals surface area contributed by atoms with Crippen molar-refractivity contribution in [2.24, 2.45) is 0 Å². The molecule has 2 aromatic rings. The Labute approximate surface area is 167 Å². The number of hydrogen-bond acceptors (Lipinski definition) is 4. The van der Waals surface area contributed by atoms with Gasteiger partial charge in [-0.1, -0.05) is 12.1 Å². The molecule has 4 rings (SSSR count). The van der Waals surface area contributed by atoms with Crippen LogP contribution in [0.15, 0.2) is 42.5 Å². The first-order chi connectivity index (χ1) is 13.7. The molecule has 2 aromatic carbocycles. The minimum atomic E-state index is -0.335. The Bertz CT molecular complexity index is 863. The molecule has 1 spiro atoms. The number of rotatable bonds is 5. The van der Waals surface area contributed by atoms with Gasteiger partial charge in [-0.2, -0.15) is 0 Å². The molecule has 1 atom stereocenters. The van der Waals surface area contributed by atoms with Crippen molar-refractivity contribution in [1.82, 2.24) is 4.90 Å². The number of hydrogen-bond donors (Lipinski definition) is 0. The van der Waals surface area contributed by atoms with E-state index in [0.717, 1.165) is 67.8 Å². The topological polar surface area (TPSA) is 38.8 Å². The summed E-state index contributed by atoms with van der Waals surface area (Å²) in [5, 5.41) is 0. The van der Waals surface area contributed by atoms with Gasteiger partial charge in [0.25, 0.3) is 0 Å². The van der Waals surface area contributed by atoms with E-state index in [0.29, 0.717) is 5.78 Å². The van der Waals surface area contributed by atoms with Gasteiger partial charge < -0.3 is 9.47 Å². The number of ketones is 1. The van der Waals surface area contributed by atoms with Crippen molar-refractivity contribution in [2.75, 3.05) is 27.3 Å². The Balaban J connectivity index is 1.56. The molecule has 28 heavy (non-hydrogen) atoms. The van der Waals surface area contributed by atoms with E-state index in [2.05, 4.69) is 17.0 Å². The van der Waals surface area contributed by atoms with Crippen LogP contribution >= 0.6 is 0 Å². The van der Waals surface area contributed by atoms with E-state index >= 15 is 0 Å². The van der Waals surface area contributed by atoms with Crippen LogP contribution in [0.25, 0.3) is 0 Å². The van der Waals surface area contributed by atoms with E-state index in [4.69, 9.17) is 9.47 Å². The number of methoxy groups -OCH3 is 2. The highest BCUT2D eigenvalue weighted by molar-refractivity contribution is 6.05. The highest BCUT2D eigenvalue weighted by Gasteiger charge is 2.47. The molecule has 1 saturated heterocycles. The van der Waals surface area contributed by atoms with Crippen LogP contribution in [0, 0.1) is 0 Å². The Morgan fingerprint density at radius 3 is 2.64 bits per heavy atom. The number of ether oxygens (including phenoxy) is 2. The predicted molar refractivity (Wildman–Crippen MR) is 110 cm³/mol. The number of carbonyl (C=O) groups is 1. The lowest BCUT2D eigenvalue weighted by Crippen LogP contribution is -2.59. The number of benzene rings is 2. The van der Waals surface area contributed by atoms with Crippen molar-refractivity contribution in [2.45, 2.75) is 44.1 Å². The third-order valence-corrected chi connectivity index (χ3v) is 6.47. The second kappa shape index (κ2) is 7.96. The summed E-state index contributed by atoms with van der Waals surface area (Å²) in [5.41, 5.74) is 2.95. The van der Waals surface area contributed by atoms with Crippen LogP contribution in [0.2, 0.25) is 0 Å². The molecule has 0 amide bonds. The predicted octanol–water partition coefficient (Wildman–Crippen LogP) is 4.30. The summed E-state index contributed by atoms with van der Waals surface area (Å²) in [4.78, 5) is 16.1. The van der Waals surface area contributed by atoms with E-state index < -0.39 is 0 Å². The van der Waals surface area contributed by atoms with Crippen molar-refractivity contribution >= 4 is 5.78 Å². The largest absolute Gasteiger partial charge is 0.497 e. The zero-order chi connectivity index (χ0) is 19.6. The molecule has 0 saturated carbocycles. The van der Waals surface area contributed by atoms with Crippen molar-refractivity contribution in [3.05, 3.63) is 59.2 Å². The number of nitrogens with zero attached hydrogens (tertiary/aromatic N) is 1. The first-order valence-electron chi connectivity index (χ1n) is 10.3. The molecule has 0 bridgehead atoms. The molecule has 1 heterocycles. The van der Waals surface area contributed by atoms with Crippen LogP contribution in [0.1, 0.15) is 47.2 Å². The van der Waals surface area contributed by atoms with E-state index in [-0.39, 0.29) is 5.54 Å².